The predicted molar refractivity (Wildman–Crippen MR) is 86.8 cm³/mol. The lowest BCUT2D eigenvalue weighted by molar-refractivity contribution is 0.318. The van der Waals surface area contributed by atoms with Crippen molar-refractivity contribution in [1.82, 2.24) is 4.98 Å². The van der Waals surface area contributed by atoms with Crippen molar-refractivity contribution in [2.75, 3.05) is 0 Å². The smallest absolute Gasteiger partial charge is 0.173 e. The average molecular weight is 342 g/mol. The molecule has 2 aromatic rings. The second-order valence-electron chi connectivity index (χ2n) is 4.42. The minimum Gasteiger partial charge on any atom is -0.409 e. The summed E-state index contributed by atoms with van der Waals surface area (Å²) in [5.74, 6) is 0.0301. The van der Waals surface area contributed by atoms with Crippen LogP contribution in [-0.4, -0.2) is 16.0 Å². The van der Waals surface area contributed by atoms with Gasteiger partial charge in [-0.15, -0.1) is 0 Å². The summed E-state index contributed by atoms with van der Waals surface area (Å²) < 4.78 is 0. The average Bonchev–Trinajstić information content (AvgIpc) is 2.41. The van der Waals surface area contributed by atoms with Gasteiger partial charge in [0, 0.05) is 10.6 Å². The van der Waals surface area contributed by atoms with Gasteiger partial charge in [-0.05, 0) is 43.7 Å². The number of aromatic nitrogens is 1. The maximum Gasteiger partial charge on any atom is 0.173 e. The first-order valence-electron chi connectivity index (χ1n) is 6.01. The molecule has 0 aliphatic heterocycles. The summed E-state index contributed by atoms with van der Waals surface area (Å²) in [5.41, 5.74) is 8.10. The summed E-state index contributed by atoms with van der Waals surface area (Å²) in [6, 6.07) is 7.20. The second kappa shape index (κ2) is 6.56. The van der Waals surface area contributed by atoms with E-state index in [1.807, 2.05) is 26.0 Å². The highest BCUT2D eigenvalue weighted by Crippen LogP contribution is 2.34. The van der Waals surface area contributed by atoms with E-state index < -0.39 is 0 Å². The van der Waals surface area contributed by atoms with Gasteiger partial charge >= 0.3 is 0 Å². The topological polar surface area (TPSA) is 71.5 Å². The number of nitrogens with two attached hydrogens (primary N) is 1. The Hall–Kier alpha value is -1.43. The molecule has 1 aromatic carbocycles. The van der Waals surface area contributed by atoms with Crippen LogP contribution in [0.25, 0.3) is 0 Å². The first kappa shape index (κ1) is 15.9. The van der Waals surface area contributed by atoms with E-state index in [0.717, 1.165) is 16.2 Å². The summed E-state index contributed by atoms with van der Waals surface area (Å²) >= 11 is 13.3. The lowest BCUT2D eigenvalue weighted by Crippen LogP contribution is -2.17. The molecular weight excluding hydrogens is 329 g/mol. The first-order chi connectivity index (χ1) is 9.92. The van der Waals surface area contributed by atoms with Crippen LogP contribution in [0, 0.1) is 13.8 Å². The van der Waals surface area contributed by atoms with Crippen LogP contribution in [0.2, 0.25) is 10.0 Å². The molecule has 2 rings (SSSR count). The van der Waals surface area contributed by atoms with Crippen molar-refractivity contribution in [2.45, 2.75) is 23.8 Å². The normalized spacial score (nSPS) is 11.7. The van der Waals surface area contributed by atoms with E-state index in [0.29, 0.717) is 20.6 Å². The van der Waals surface area contributed by atoms with Crippen molar-refractivity contribution in [3.05, 3.63) is 51.1 Å². The second-order valence-corrected chi connectivity index (χ2v) is 6.30. The van der Waals surface area contributed by atoms with Gasteiger partial charge in [0.2, 0.25) is 0 Å². The number of aryl methyl sites for hydroxylation is 2. The van der Waals surface area contributed by atoms with Gasteiger partial charge in [0.05, 0.1) is 15.6 Å². The van der Waals surface area contributed by atoms with Gasteiger partial charge in [-0.2, -0.15) is 0 Å². The molecule has 0 aliphatic rings. The van der Waals surface area contributed by atoms with E-state index in [2.05, 4.69) is 10.1 Å². The molecule has 0 unspecified atom stereocenters. The van der Waals surface area contributed by atoms with Gasteiger partial charge in [-0.3, -0.25) is 0 Å². The highest BCUT2D eigenvalue weighted by molar-refractivity contribution is 7.99. The van der Waals surface area contributed by atoms with Crippen molar-refractivity contribution in [3.8, 4) is 0 Å². The quantitative estimate of drug-likeness (QED) is 0.379. The molecule has 0 radical (unpaired) electrons. The Kier molecular flexibility index (Phi) is 4.98. The first-order valence-corrected chi connectivity index (χ1v) is 7.58. The Morgan fingerprint density at radius 3 is 2.57 bits per heavy atom. The summed E-state index contributed by atoms with van der Waals surface area (Å²) in [5, 5.41) is 13.6. The Morgan fingerprint density at radius 2 is 1.95 bits per heavy atom. The highest BCUT2D eigenvalue weighted by atomic mass is 35.5. The molecule has 0 spiro atoms. The van der Waals surface area contributed by atoms with Crippen molar-refractivity contribution >= 4 is 40.8 Å². The van der Waals surface area contributed by atoms with Gasteiger partial charge < -0.3 is 10.9 Å². The number of halogens is 2. The van der Waals surface area contributed by atoms with E-state index in [9.17, 15) is 0 Å². The van der Waals surface area contributed by atoms with Crippen LogP contribution in [0.15, 0.2) is 39.3 Å². The minimum absolute atomic E-state index is 0.0301. The van der Waals surface area contributed by atoms with E-state index >= 15 is 0 Å². The highest BCUT2D eigenvalue weighted by Gasteiger charge is 2.15. The SMILES string of the molecule is Cc1cc(C)c(C(N)=NO)c(Sc2ccc(Cl)c(Cl)c2)n1. The van der Waals surface area contributed by atoms with Crippen molar-refractivity contribution in [2.24, 2.45) is 10.9 Å². The third kappa shape index (κ3) is 3.61. The van der Waals surface area contributed by atoms with Crippen LogP contribution in [0.4, 0.5) is 0 Å². The van der Waals surface area contributed by atoms with Crippen LogP contribution >= 0.6 is 35.0 Å². The summed E-state index contributed by atoms with van der Waals surface area (Å²) in [4.78, 5) is 5.33. The number of amidine groups is 1. The molecule has 0 atom stereocenters. The molecule has 0 saturated carbocycles. The van der Waals surface area contributed by atoms with Crippen LogP contribution in [0.5, 0.6) is 0 Å². The zero-order valence-electron chi connectivity index (χ0n) is 11.4. The van der Waals surface area contributed by atoms with Gasteiger partial charge in [-0.1, -0.05) is 40.1 Å². The Morgan fingerprint density at radius 1 is 1.24 bits per heavy atom. The number of rotatable bonds is 3. The fraction of sp³-hybridized carbons (Fsp3) is 0.143. The molecule has 0 fully saturated rings. The molecular formula is C14H13Cl2N3OS. The number of pyridine rings is 1. The lowest BCUT2D eigenvalue weighted by Gasteiger charge is -2.11. The largest absolute Gasteiger partial charge is 0.409 e. The molecule has 7 heteroatoms. The molecule has 4 nitrogen and oxygen atoms in total. The molecule has 1 aromatic heterocycles. The maximum atomic E-state index is 8.94. The van der Waals surface area contributed by atoms with E-state index in [1.54, 1.807) is 12.1 Å². The number of hydrogen-bond donors (Lipinski definition) is 2. The van der Waals surface area contributed by atoms with Crippen LogP contribution < -0.4 is 5.73 Å². The lowest BCUT2D eigenvalue weighted by atomic mass is 10.1. The third-order valence-electron chi connectivity index (χ3n) is 2.78. The van der Waals surface area contributed by atoms with Gasteiger partial charge in [0.25, 0.3) is 0 Å². The molecule has 1 heterocycles. The van der Waals surface area contributed by atoms with Crippen LogP contribution in [0.1, 0.15) is 16.8 Å². The zero-order valence-corrected chi connectivity index (χ0v) is 13.7. The number of oxime groups is 1. The molecule has 21 heavy (non-hydrogen) atoms. The van der Waals surface area contributed by atoms with Crippen molar-refractivity contribution in [3.63, 3.8) is 0 Å². The van der Waals surface area contributed by atoms with Crippen LogP contribution in [-0.2, 0) is 0 Å². The molecule has 110 valence electrons. The van der Waals surface area contributed by atoms with E-state index in [1.165, 1.54) is 11.8 Å². The number of hydrogen-bond acceptors (Lipinski definition) is 4. The molecule has 0 saturated heterocycles. The maximum absolute atomic E-state index is 8.94. The third-order valence-corrected chi connectivity index (χ3v) is 4.50. The fourth-order valence-electron chi connectivity index (χ4n) is 1.89. The van der Waals surface area contributed by atoms with Gasteiger partial charge in [0.1, 0.15) is 5.03 Å². The molecule has 0 bridgehead atoms. The molecule has 0 amide bonds. The van der Waals surface area contributed by atoms with Crippen molar-refractivity contribution < 1.29 is 5.21 Å². The molecule has 3 N–H and O–H groups in total. The zero-order chi connectivity index (χ0) is 15.6. The van der Waals surface area contributed by atoms with Crippen molar-refractivity contribution in [1.29, 1.82) is 0 Å². The summed E-state index contributed by atoms with van der Waals surface area (Å²) in [7, 11) is 0. The Balaban J connectivity index is 2.50. The Labute approximate surface area is 137 Å². The predicted octanol–water partition coefficient (Wildman–Crippen LogP) is 4.25. The number of benzene rings is 1. The van der Waals surface area contributed by atoms with Gasteiger partial charge in [-0.25, -0.2) is 4.98 Å². The Bertz CT molecular complexity index is 720. The minimum atomic E-state index is 0.0301. The summed E-state index contributed by atoms with van der Waals surface area (Å²) in [6.07, 6.45) is 0. The van der Waals surface area contributed by atoms with Gasteiger partial charge in [0.15, 0.2) is 5.84 Å². The monoisotopic (exact) mass is 341 g/mol. The van der Waals surface area contributed by atoms with Crippen LogP contribution in [0.3, 0.4) is 0 Å². The fourth-order valence-corrected chi connectivity index (χ4v) is 3.35. The van der Waals surface area contributed by atoms with E-state index in [-0.39, 0.29) is 5.84 Å². The summed E-state index contributed by atoms with van der Waals surface area (Å²) in [6.45, 7) is 3.78. The number of nitrogens with zero attached hydrogens (tertiary/aromatic N) is 2. The standard InChI is InChI=1S/C14H13Cl2N3OS/c1-7-5-8(2)18-14(12(7)13(17)19-20)21-9-3-4-10(15)11(16)6-9/h3-6,20H,1-2H3,(H2,17,19). The van der Waals surface area contributed by atoms with E-state index in [4.69, 9.17) is 34.1 Å². The molecule has 0 aliphatic carbocycles.